The molecule has 2 rings (SSSR count). The number of aliphatic hydroxyl groups excluding tert-OH is 1. The van der Waals surface area contributed by atoms with Crippen LogP contribution in [-0.2, 0) is 6.42 Å². The molecular formula is C16H17F2NO. The Morgan fingerprint density at radius 1 is 1.05 bits per heavy atom. The number of aryl methyl sites for hydroxylation is 1. The van der Waals surface area contributed by atoms with E-state index >= 15 is 0 Å². The molecule has 2 aromatic rings. The van der Waals surface area contributed by atoms with Crippen LogP contribution in [-0.4, -0.2) is 11.2 Å². The van der Waals surface area contributed by atoms with Crippen molar-refractivity contribution in [1.82, 2.24) is 0 Å². The Kier molecular flexibility index (Phi) is 4.47. The molecule has 3 N–H and O–H groups in total. The van der Waals surface area contributed by atoms with Gasteiger partial charge in [0.1, 0.15) is 0 Å². The molecule has 0 fully saturated rings. The van der Waals surface area contributed by atoms with Crippen LogP contribution in [0.2, 0.25) is 0 Å². The number of benzene rings is 2. The van der Waals surface area contributed by atoms with E-state index < -0.39 is 23.8 Å². The first-order valence-corrected chi connectivity index (χ1v) is 6.42. The molecule has 2 nitrogen and oxygen atoms in total. The van der Waals surface area contributed by atoms with Gasteiger partial charge in [-0.2, -0.15) is 0 Å². The average Bonchev–Trinajstić information content (AvgIpc) is 2.45. The van der Waals surface area contributed by atoms with Crippen molar-refractivity contribution < 1.29 is 13.9 Å². The highest BCUT2D eigenvalue weighted by Crippen LogP contribution is 2.24. The predicted octanol–water partition coefficient (Wildman–Crippen LogP) is 2.88. The van der Waals surface area contributed by atoms with E-state index in [1.165, 1.54) is 19.1 Å². The zero-order chi connectivity index (χ0) is 14.7. The number of aliphatic hydroxyl groups is 1. The molecule has 0 aliphatic heterocycles. The van der Waals surface area contributed by atoms with Crippen LogP contribution in [0.4, 0.5) is 8.78 Å². The Balaban J connectivity index is 2.19. The van der Waals surface area contributed by atoms with Gasteiger partial charge in [0.15, 0.2) is 11.6 Å². The van der Waals surface area contributed by atoms with Gasteiger partial charge in [-0.05, 0) is 18.1 Å². The SMILES string of the molecule is Cc1ccc([C@H](N)[C@H](O)Cc2ccccc2)c(F)c1F. The Bertz CT molecular complexity index is 587. The van der Waals surface area contributed by atoms with Gasteiger partial charge in [0.05, 0.1) is 12.1 Å². The summed E-state index contributed by atoms with van der Waals surface area (Å²) in [4.78, 5) is 0. The van der Waals surface area contributed by atoms with Crippen molar-refractivity contribution >= 4 is 0 Å². The summed E-state index contributed by atoms with van der Waals surface area (Å²) in [5.41, 5.74) is 6.96. The Morgan fingerprint density at radius 2 is 1.70 bits per heavy atom. The number of halogens is 2. The lowest BCUT2D eigenvalue weighted by Gasteiger charge is -2.20. The maximum Gasteiger partial charge on any atom is 0.163 e. The lowest BCUT2D eigenvalue weighted by molar-refractivity contribution is 0.143. The van der Waals surface area contributed by atoms with Gasteiger partial charge in [-0.1, -0.05) is 42.5 Å². The first-order valence-electron chi connectivity index (χ1n) is 6.42. The molecule has 0 bridgehead atoms. The molecule has 20 heavy (non-hydrogen) atoms. The molecule has 0 saturated carbocycles. The summed E-state index contributed by atoms with van der Waals surface area (Å²) < 4.78 is 27.4. The van der Waals surface area contributed by atoms with E-state index in [2.05, 4.69) is 0 Å². The van der Waals surface area contributed by atoms with E-state index in [1.54, 1.807) is 0 Å². The molecule has 106 valence electrons. The van der Waals surface area contributed by atoms with E-state index in [0.29, 0.717) is 0 Å². The van der Waals surface area contributed by atoms with Crippen molar-refractivity contribution in [2.24, 2.45) is 5.73 Å². The molecule has 0 aliphatic rings. The average molecular weight is 277 g/mol. The molecule has 0 aromatic heterocycles. The third-order valence-electron chi connectivity index (χ3n) is 3.37. The van der Waals surface area contributed by atoms with Crippen LogP contribution in [0.5, 0.6) is 0 Å². The summed E-state index contributed by atoms with van der Waals surface area (Å²) in [5, 5.41) is 10.1. The van der Waals surface area contributed by atoms with Gasteiger partial charge in [0.2, 0.25) is 0 Å². The summed E-state index contributed by atoms with van der Waals surface area (Å²) in [6.07, 6.45) is -0.689. The molecule has 0 spiro atoms. The van der Waals surface area contributed by atoms with Crippen LogP contribution in [0.1, 0.15) is 22.7 Å². The number of rotatable bonds is 4. The minimum absolute atomic E-state index is 0.00321. The van der Waals surface area contributed by atoms with Crippen LogP contribution in [0, 0.1) is 18.6 Å². The topological polar surface area (TPSA) is 46.2 Å². The summed E-state index contributed by atoms with van der Waals surface area (Å²) in [7, 11) is 0. The van der Waals surface area contributed by atoms with Crippen molar-refractivity contribution in [2.75, 3.05) is 0 Å². The molecule has 0 radical (unpaired) electrons. The van der Waals surface area contributed by atoms with Gasteiger partial charge in [-0.25, -0.2) is 8.78 Å². The van der Waals surface area contributed by atoms with Crippen LogP contribution >= 0.6 is 0 Å². The van der Waals surface area contributed by atoms with Gasteiger partial charge in [0, 0.05) is 12.0 Å². The molecule has 0 amide bonds. The second-order valence-electron chi connectivity index (χ2n) is 4.88. The Hall–Kier alpha value is -1.78. The maximum atomic E-state index is 13.8. The summed E-state index contributed by atoms with van der Waals surface area (Å²) >= 11 is 0. The van der Waals surface area contributed by atoms with Crippen LogP contribution in [0.25, 0.3) is 0 Å². The zero-order valence-electron chi connectivity index (χ0n) is 11.2. The van der Waals surface area contributed by atoms with E-state index in [1.807, 2.05) is 30.3 Å². The van der Waals surface area contributed by atoms with Crippen molar-refractivity contribution in [2.45, 2.75) is 25.5 Å². The predicted molar refractivity (Wildman–Crippen MR) is 74.2 cm³/mol. The van der Waals surface area contributed by atoms with Crippen molar-refractivity contribution in [3.63, 3.8) is 0 Å². The van der Waals surface area contributed by atoms with Gasteiger partial charge < -0.3 is 10.8 Å². The number of hydrogen-bond donors (Lipinski definition) is 2. The van der Waals surface area contributed by atoms with E-state index in [-0.39, 0.29) is 17.5 Å². The van der Waals surface area contributed by atoms with Gasteiger partial charge >= 0.3 is 0 Å². The van der Waals surface area contributed by atoms with Gasteiger partial charge in [-0.15, -0.1) is 0 Å². The fourth-order valence-electron chi connectivity index (χ4n) is 2.11. The molecule has 0 aliphatic carbocycles. The van der Waals surface area contributed by atoms with Crippen LogP contribution < -0.4 is 5.73 Å². The minimum Gasteiger partial charge on any atom is -0.391 e. The van der Waals surface area contributed by atoms with Crippen molar-refractivity contribution in [3.8, 4) is 0 Å². The van der Waals surface area contributed by atoms with Crippen LogP contribution in [0.15, 0.2) is 42.5 Å². The van der Waals surface area contributed by atoms with Crippen LogP contribution in [0.3, 0.4) is 0 Å². The summed E-state index contributed by atoms with van der Waals surface area (Å²) in [5.74, 6) is -1.89. The fourth-order valence-corrected chi connectivity index (χ4v) is 2.11. The largest absolute Gasteiger partial charge is 0.391 e. The third-order valence-corrected chi connectivity index (χ3v) is 3.37. The standard InChI is InChI=1S/C16H17F2NO/c1-10-7-8-12(15(18)14(10)17)16(19)13(20)9-11-5-3-2-4-6-11/h2-8,13,16,20H,9,19H2,1H3/t13-,16+/m1/s1. The van der Waals surface area contributed by atoms with Gasteiger partial charge in [0.25, 0.3) is 0 Å². The highest BCUT2D eigenvalue weighted by Gasteiger charge is 2.22. The molecule has 0 heterocycles. The molecule has 4 heteroatoms. The summed E-state index contributed by atoms with van der Waals surface area (Å²) in [6.45, 7) is 1.48. The maximum absolute atomic E-state index is 13.8. The molecular weight excluding hydrogens is 260 g/mol. The number of hydrogen-bond acceptors (Lipinski definition) is 2. The lowest BCUT2D eigenvalue weighted by Crippen LogP contribution is -2.29. The Morgan fingerprint density at radius 3 is 2.35 bits per heavy atom. The Labute approximate surface area is 116 Å². The highest BCUT2D eigenvalue weighted by molar-refractivity contribution is 5.29. The zero-order valence-corrected chi connectivity index (χ0v) is 11.2. The molecule has 0 saturated heterocycles. The first-order chi connectivity index (χ1) is 9.50. The summed E-state index contributed by atoms with van der Waals surface area (Å²) in [6, 6.07) is 11.2. The highest BCUT2D eigenvalue weighted by atomic mass is 19.2. The molecule has 2 atom stereocenters. The lowest BCUT2D eigenvalue weighted by atomic mass is 9.95. The van der Waals surface area contributed by atoms with E-state index in [9.17, 15) is 13.9 Å². The van der Waals surface area contributed by atoms with Crippen molar-refractivity contribution in [3.05, 3.63) is 70.8 Å². The second-order valence-corrected chi connectivity index (χ2v) is 4.88. The fraction of sp³-hybridized carbons (Fsp3) is 0.250. The molecule has 2 aromatic carbocycles. The minimum atomic E-state index is -0.982. The van der Waals surface area contributed by atoms with Crippen molar-refractivity contribution in [1.29, 1.82) is 0 Å². The number of nitrogens with two attached hydrogens (primary N) is 1. The van der Waals surface area contributed by atoms with Gasteiger partial charge in [-0.3, -0.25) is 0 Å². The quantitative estimate of drug-likeness (QED) is 0.902. The van der Waals surface area contributed by atoms with E-state index in [4.69, 9.17) is 5.73 Å². The van der Waals surface area contributed by atoms with E-state index in [0.717, 1.165) is 5.56 Å². The third kappa shape index (κ3) is 3.03. The molecule has 0 unspecified atom stereocenters. The normalized spacial score (nSPS) is 14.1. The second kappa shape index (κ2) is 6.11. The monoisotopic (exact) mass is 277 g/mol. The first kappa shape index (κ1) is 14.6. The smallest absolute Gasteiger partial charge is 0.163 e.